The number of nitriles is 1. The van der Waals surface area contributed by atoms with E-state index >= 15 is 0 Å². The molecule has 0 spiro atoms. The van der Waals surface area contributed by atoms with Crippen molar-refractivity contribution in [3.63, 3.8) is 0 Å². The van der Waals surface area contributed by atoms with E-state index in [1.165, 1.54) is 6.08 Å². The summed E-state index contributed by atoms with van der Waals surface area (Å²) in [5.74, 6) is -0.0404. The largest absolute Gasteiger partial charge is 0.365 e. The molecule has 1 amide bonds. The molecule has 6 nitrogen and oxygen atoms in total. The number of nitrogens with two attached hydrogens (primary N) is 1. The molecular weight excluding hydrogens is 326 g/mol. The highest BCUT2D eigenvalue weighted by atomic mass is 35.5. The Balaban J connectivity index is 2.13. The van der Waals surface area contributed by atoms with Gasteiger partial charge in [0.05, 0.1) is 16.4 Å². The number of fused-ring (bicyclic) bond motifs is 1. The van der Waals surface area contributed by atoms with Crippen molar-refractivity contribution in [1.29, 1.82) is 5.26 Å². The van der Waals surface area contributed by atoms with E-state index in [0.717, 1.165) is 22.8 Å². The number of hydrogen-bond acceptors (Lipinski definition) is 4. The zero-order valence-corrected chi connectivity index (χ0v) is 13.7. The maximum Gasteiger partial charge on any atom is 0.259 e. The number of aromatic nitrogens is 3. The molecule has 0 aromatic carbocycles. The lowest BCUT2D eigenvalue weighted by atomic mass is 9.94. The molecule has 0 saturated heterocycles. The molecule has 3 rings (SSSR count). The average Bonchev–Trinajstić information content (AvgIpc) is 2.92. The highest BCUT2D eigenvalue weighted by Gasteiger charge is 2.25. The quantitative estimate of drug-likeness (QED) is 0.685. The van der Waals surface area contributed by atoms with Crippen molar-refractivity contribution in [2.75, 3.05) is 0 Å². The number of carbonyl (C=O) groups excluding carboxylic acids is 1. The van der Waals surface area contributed by atoms with Crippen LogP contribution in [0.4, 0.5) is 0 Å². The Kier molecular flexibility index (Phi) is 4.19. The van der Waals surface area contributed by atoms with Gasteiger partial charge in [-0.25, -0.2) is 9.67 Å². The van der Waals surface area contributed by atoms with E-state index in [9.17, 15) is 4.79 Å². The van der Waals surface area contributed by atoms with Gasteiger partial charge in [0.25, 0.3) is 5.91 Å². The highest BCUT2D eigenvalue weighted by molar-refractivity contribution is 6.50. The third kappa shape index (κ3) is 2.70. The molecule has 24 heavy (non-hydrogen) atoms. The summed E-state index contributed by atoms with van der Waals surface area (Å²) in [6, 6.07) is 7.42. The van der Waals surface area contributed by atoms with E-state index in [-0.39, 0.29) is 5.57 Å². The molecule has 2 heterocycles. The van der Waals surface area contributed by atoms with Crippen LogP contribution in [0.2, 0.25) is 0 Å². The first-order valence-corrected chi connectivity index (χ1v) is 7.71. The predicted octanol–water partition coefficient (Wildman–Crippen LogP) is 2.41. The maximum absolute atomic E-state index is 11.3. The van der Waals surface area contributed by atoms with Crippen molar-refractivity contribution >= 4 is 22.5 Å². The van der Waals surface area contributed by atoms with E-state index < -0.39 is 5.91 Å². The molecular formula is C17H14ClN5O. The molecule has 0 radical (unpaired) electrons. The van der Waals surface area contributed by atoms with Gasteiger partial charge in [-0.1, -0.05) is 17.7 Å². The fourth-order valence-electron chi connectivity index (χ4n) is 2.75. The van der Waals surface area contributed by atoms with E-state index in [2.05, 4.69) is 10.1 Å². The average molecular weight is 340 g/mol. The van der Waals surface area contributed by atoms with Crippen molar-refractivity contribution in [2.45, 2.75) is 19.8 Å². The lowest BCUT2D eigenvalue weighted by Gasteiger charge is -2.16. The normalized spacial score (nSPS) is 14.3. The number of hydrogen-bond donors (Lipinski definition) is 1. The summed E-state index contributed by atoms with van der Waals surface area (Å²) in [5.41, 5.74) is 8.35. The third-order valence-electron chi connectivity index (χ3n) is 3.86. The van der Waals surface area contributed by atoms with Crippen molar-refractivity contribution in [3.8, 4) is 11.9 Å². The predicted molar refractivity (Wildman–Crippen MR) is 90.1 cm³/mol. The summed E-state index contributed by atoms with van der Waals surface area (Å²) in [7, 11) is 0. The summed E-state index contributed by atoms with van der Waals surface area (Å²) in [6.07, 6.45) is 4.43. The molecule has 0 saturated carbocycles. The molecule has 2 aromatic heterocycles. The Morgan fingerprint density at radius 2 is 2.25 bits per heavy atom. The van der Waals surface area contributed by atoms with Crippen LogP contribution in [-0.2, 0) is 11.2 Å². The van der Waals surface area contributed by atoms with Crippen LogP contribution in [0.3, 0.4) is 0 Å². The minimum Gasteiger partial charge on any atom is -0.365 e. The number of nitrogens with zero attached hydrogens (tertiary/aromatic N) is 4. The first kappa shape index (κ1) is 16.0. The van der Waals surface area contributed by atoms with Gasteiger partial charge in [0.15, 0.2) is 5.82 Å². The second kappa shape index (κ2) is 6.30. The van der Waals surface area contributed by atoms with Gasteiger partial charge in [0.2, 0.25) is 0 Å². The standard InChI is InChI=1S/C17H14ClN5O/c1-10-15-13(23(22-10)14-4-2-3-7-21-14)6-5-11(16(15)18)8-12(9-19)17(20)24/h2-4,7-8H,5-6H2,1H3,(H2,20,24)/b12-8-. The monoisotopic (exact) mass is 339 g/mol. The van der Waals surface area contributed by atoms with Gasteiger partial charge in [-0.15, -0.1) is 0 Å². The molecule has 0 unspecified atom stereocenters. The Morgan fingerprint density at radius 3 is 2.88 bits per heavy atom. The number of primary amides is 1. The number of pyridine rings is 1. The van der Waals surface area contributed by atoms with Crippen LogP contribution in [0, 0.1) is 18.3 Å². The van der Waals surface area contributed by atoms with Gasteiger partial charge in [-0.3, -0.25) is 4.79 Å². The minimum absolute atomic E-state index is 0.110. The lowest BCUT2D eigenvalue weighted by Crippen LogP contribution is -2.14. The molecule has 2 N–H and O–H groups in total. The summed E-state index contributed by atoms with van der Waals surface area (Å²) in [5, 5.41) is 14.0. The second-order valence-corrected chi connectivity index (χ2v) is 5.76. The van der Waals surface area contributed by atoms with Crippen molar-refractivity contribution in [1.82, 2.24) is 14.8 Å². The molecule has 120 valence electrons. The molecule has 0 atom stereocenters. The highest BCUT2D eigenvalue weighted by Crippen LogP contribution is 2.37. The van der Waals surface area contributed by atoms with Crippen LogP contribution in [0.25, 0.3) is 10.9 Å². The fraction of sp³-hybridized carbons (Fsp3) is 0.176. The molecule has 0 fully saturated rings. The fourth-order valence-corrected chi connectivity index (χ4v) is 3.15. The number of halogens is 1. The van der Waals surface area contributed by atoms with Crippen LogP contribution >= 0.6 is 11.6 Å². The molecule has 0 aliphatic heterocycles. The van der Waals surface area contributed by atoms with Crippen molar-refractivity contribution in [2.24, 2.45) is 5.73 Å². The summed E-state index contributed by atoms with van der Waals surface area (Å²) in [4.78, 5) is 15.6. The first-order valence-electron chi connectivity index (χ1n) is 7.33. The van der Waals surface area contributed by atoms with Gasteiger partial charge >= 0.3 is 0 Å². The van der Waals surface area contributed by atoms with Crippen molar-refractivity contribution in [3.05, 3.63) is 58.6 Å². The Hall–Kier alpha value is -2.91. The molecule has 7 heteroatoms. The van der Waals surface area contributed by atoms with Crippen LogP contribution < -0.4 is 5.73 Å². The van der Waals surface area contributed by atoms with Crippen LogP contribution in [0.5, 0.6) is 0 Å². The number of allylic oxidation sites excluding steroid dienone is 2. The molecule has 0 bridgehead atoms. The smallest absolute Gasteiger partial charge is 0.259 e. The minimum atomic E-state index is -0.763. The summed E-state index contributed by atoms with van der Waals surface area (Å²) >= 11 is 6.52. The molecule has 1 aliphatic carbocycles. The zero-order chi connectivity index (χ0) is 17.3. The van der Waals surface area contributed by atoms with Crippen LogP contribution in [-0.4, -0.2) is 20.7 Å². The van der Waals surface area contributed by atoms with E-state index in [4.69, 9.17) is 22.6 Å². The number of carbonyl (C=O) groups is 1. The van der Waals surface area contributed by atoms with Gasteiger partial charge in [-0.2, -0.15) is 10.4 Å². The number of amides is 1. The van der Waals surface area contributed by atoms with E-state index in [1.807, 2.05) is 25.1 Å². The lowest BCUT2D eigenvalue weighted by molar-refractivity contribution is -0.114. The second-order valence-electron chi connectivity index (χ2n) is 5.38. The topological polar surface area (TPSA) is 97.6 Å². The van der Waals surface area contributed by atoms with Gasteiger partial charge in [0.1, 0.15) is 11.6 Å². The number of aryl methyl sites for hydroxylation is 1. The zero-order valence-electron chi connectivity index (χ0n) is 13.0. The van der Waals surface area contributed by atoms with Gasteiger partial charge in [0, 0.05) is 11.8 Å². The van der Waals surface area contributed by atoms with Crippen molar-refractivity contribution < 1.29 is 4.79 Å². The van der Waals surface area contributed by atoms with Gasteiger partial charge < -0.3 is 5.73 Å². The summed E-state index contributed by atoms with van der Waals surface area (Å²) < 4.78 is 1.78. The molecule has 2 aromatic rings. The van der Waals surface area contributed by atoms with E-state index in [1.54, 1.807) is 16.9 Å². The van der Waals surface area contributed by atoms with E-state index in [0.29, 0.717) is 23.4 Å². The Labute approximate surface area is 143 Å². The summed E-state index contributed by atoms with van der Waals surface area (Å²) in [6.45, 7) is 1.87. The molecule has 1 aliphatic rings. The third-order valence-corrected chi connectivity index (χ3v) is 4.29. The Bertz CT molecular complexity index is 918. The Morgan fingerprint density at radius 1 is 1.46 bits per heavy atom. The van der Waals surface area contributed by atoms with Crippen LogP contribution in [0.15, 0.2) is 41.6 Å². The van der Waals surface area contributed by atoms with Crippen LogP contribution in [0.1, 0.15) is 23.4 Å². The SMILES string of the molecule is Cc1nn(-c2ccccn2)c2c1C(Cl)=C(/C=C(/C#N)C(N)=O)CC2. The first-order chi connectivity index (χ1) is 11.5. The maximum atomic E-state index is 11.3. The van der Waals surface area contributed by atoms with Gasteiger partial charge in [-0.05, 0) is 43.5 Å². The number of rotatable bonds is 3.